The lowest BCUT2D eigenvalue weighted by molar-refractivity contribution is 0.111. The third-order valence-corrected chi connectivity index (χ3v) is 2.45. The Balaban J connectivity index is 2.81. The van der Waals surface area contributed by atoms with Crippen molar-refractivity contribution in [3.05, 3.63) is 28.2 Å². The average molecular weight is 255 g/mol. The molecule has 2 rings (SSSR count). The molecule has 0 saturated carbocycles. The van der Waals surface area contributed by atoms with Crippen LogP contribution in [0.4, 0.5) is 0 Å². The van der Waals surface area contributed by atoms with Gasteiger partial charge < -0.3 is 9.15 Å². The minimum absolute atomic E-state index is 0.258. The zero-order valence-corrected chi connectivity index (χ0v) is 9.00. The van der Waals surface area contributed by atoms with Crippen LogP contribution < -0.4 is 4.74 Å². The molecule has 1 aromatic carbocycles. The highest BCUT2D eigenvalue weighted by atomic mass is 79.9. The van der Waals surface area contributed by atoms with Crippen molar-refractivity contribution in [1.82, 2.24) is 0 Å². The van der Waals surface area contributed by atoms with E-state index in [-0.39, 0.29) is 5.95 Å². The Morgan fingerprint density at radius 1 is 1.50 bits per heavy atom. The normalized spacial score (nSPS) is 10.4. The van der Waals surface area contributed by atoms with Crippen LogP contribution in [0.1, 0.15) is 10.4 Å². The predicted octanol–water partition coefficient (Wildman–Crippen LogP) is 3.02. The molecular formula is C10H7BrO3. The molecule has 0 amide bonds. The monoisotopic (exact) mass is 254 g/mol. The maximum Gasteiger partial charge on any atom is 0.296 e. The third kappa shape index (κ3) is 1.32. The molecule has 0 aliphatic rings. The van der Waals surface area contributed by atoms with Gasteiger partial charge in [0.2, 0.25) is 0 Å². The number of halogens is 1. The van der Waals surface area contributed by atoms with E-state index in [9.17, 15) is 4.79 Å². The van der Waals surface area contributed by atoms with Crippen molar-refractivity contribution in [3.8, 4) is 5.95 Å². The highest BCUT2D eigenvalue weighted by Gasteiger charge is 2.13. The van der Waals surface area contributed by atoms with Gasteiger partial charge in [-0.25, -0.2) is 0 Å². The smallest absolute Gasteiger partial charge is 0.296 e. The molecule has 1 heterocycles. The first-order chi connectivity index (χ1) is 6.76. The van der Waals surface area contributed by atoms with Crippen molar-refractivity contribution >= 4 is 33.2 Å². The molecule has 4 heteroatoms. The molecule has 0 spiro atoms. The van der Waals surface area contributed by atoms with E-state index in [0.29, 0.717) is 11.1 Å². The summed E-state index contributed by atoms with van der Waals surface area (Å²) in [5, 5.41) is 0.756. The SMILES string of the molecule is COc1oc2ccc(Br)cc2c1C=O. The van der Waals surface area contributed by atoms with Gasteiger partial charge in [-0.3, -0.25) is 4.79 Å². The zero-order chi connectivity index (χ0) is 10.1. The molecular weight excluding hydrogens is 248 g/mol. The fourth-order valence-corrected chi connectivity index (χ4v) is 1.69. The summed E-state index contributed by atoms with van der Waals surface area (Å²) in [5.41, 5.74) is 1.09. The molecule has 3 nitrogen and oxygen atoms in total. The minimum atomic E-state index is 0.258. The molecule has 0 fully saturated rings. The van der Waals surface area contributed by atoms with Gasteiger partial charge in [0.1, 0.15) is 11.1 Å². The average Bonchev–Trinajstić information content (AvgIpc) is 2.54. The highest BCUT2D eigenvalue weighted by molar-refractivity contribution is 9.10. The third-order valence-electron chi connectivity index (χ3n) is 1.96. The Morgan fingerprint density at radius 2 is 2.29 bits per heavy atom. The van der Waals surface area contributed by atoms with E-state index in [2.05, 4.69) is 15.9 Å². The lowest BCUT2D eigenvalue weighted by atomic mass is 10.2. The van der Waals surface area contributed by atoms with Crippen molar-refractivity contribution in [2.24, 2.45) is 0 Å². The molecule has 0 N–H and O–H groups in total. The fraction of sp³-hybridized carbons (Fsp3) is 0.100. The van der Waals surface area contributed by atoms with Gasteiger partial charge in [0.15, 0.2) is 6.29 Å². The number of ether oxygens (including phenoxy) is 1. The molecule has 72 valence electrons. The molecule has 0 aliphatic heterocycles. The van der Waals surface area contributed by atoms with Crippen molar-refractivity contribution in [1.29, 1.82) is 0 Å². The number of carbonyl (C=O) groups excluding carboxylic acids is 1. The van der Waals surface area contributed by atoms with Crippen LogP contribution in [0.15, 0.2) is 27.1 Å². The second kappa shape index (κ2) is 3.46. The van der Waals surface area contributed by atoms with Gasteiger partial charge in [-0.05, 0) is 18.2 Å². The Bertz CT molecular complexity index is 487. The first-order valence-corrected chi connectivity index (χ1v) is 4.77. The zero-order valence-electron chi connectivity index (χ0n) is 7.41. The predicted molar refractivity (Wildman–Crippen MR) is 55.9 cm³/mol. The second-order valence-electron chi connectivity index (χ2n) is 2.77. The number of furan rings is 1. The van der Waals surface area contributed by atoms with Crippen molar-refractivity contribution in [3.63, 3.8) is 0 Å². The number of fused-ring (bicyclic) bond motifs is 1. The molecule has 2 aromatic rings. The van der Waals surface area contributed by atoms with Crippen LogP contribution in [-0.4, -0.2) is 13.4 Å². The van der Waals surface area contributed by atoms with Gasteiger partial charge in [0.25, 0.3) is 5.95 Å². The van der Waals surface area contributed by atoms with Gasteiger partial charge in [-0.15, -0.1) is 0 Å². The fourth-order valence-electron chi connectivity index (χ4n) is 1.33. The van der Waals surface area contributed by atoms with E-state index in [1.807, 2.05) is 12.1 Å². The second-order valence-corrected chi connectivity index (χ2v) is 3.68. The number of rotatable bonds is 2. The Kier molecular flexibility index (Phi) is 2.29. The molecule has 14 heavy (non-hydrogen) atoms. The molecule has 0 atom stereocenters. The van der Waals surface area contributed by atoms with E-state index in [1.54, 1.807) is 6.07 Å². The molecule has 0 unspecified atom stereocenters. The van der Waals surface area contributed by atoms with Crippen LogP contribution in [0, 0.1) is 0 Å². The lowest BCUT2D eigenvalue weighted by Gasteiger charge is -1.91. The number of hydrogen-bond donors (Lipinski definition) is 0. The maximum atomic E-state index is 10.8. The van der Waals surface area contributed by atoms with E-state index in [4.69, 9.17) is 9.15 Å². The number of hydrogen-bond acceptors (Lipinski definition) is 3. The van der Waals surface area contributed by atoms with Crippen molar-refractivity contribution in [2.75, 3.05) is 7.11 Å². The lowest BCUT2D eigenvalue weighted by Crippen LogP contribution is -1.84. The largest absolute Gasteiger partial charge is 0.468 e. The van der Waals surface area contributed by atoms with Crippen LogP contribution in [0.25, 0.3) is 11.0 Å². The molecule has 0 aliphatic carbocycles. The van der Waals surface area contributed by atoms with E-state index in [1.165, 1.54) is 7.11 Å². The first-order valence-electron chi connectivity index (χ1n) is 3.97. The number of carbonyl (C=O) groups is 1. The Hall–Kier alpha value is -1.29. The summed E-state index contributed by atoms with van der Waals surface area (Å²) in [6.45, 7) is 0. The van der Waals surface area contributed by atoms with Crippen LogP contribution >= 0.6 is 15.9 Å². The molecule has 0 bridgehead atoms. The summed E-state index contributed by atoms with van der Waals surface area (Å²) in [6.07, 6.45) is 0.733. The van der Waals surface area contributed by atoms with Crippen molar-refractivity contribution in [2.45, 2.75) is 0 Å². The van der Waals surface area contributed by atoms with Crippen LogP contribution in [0.5, 0.6) is 5.95 Å². The van der Waals surface area contributed by atoms with Gasteiger partial charge in [-0.1, -0.05) is 15.9 Å². The summed E-state index contributed by atoms with van der Waals surface area (Å²) in [5.74, 6) is 0.258. The maximum absolute atomic E-state index is 10.8. The van der Waals surface area contributed by atoms with Crippen LogP contribution in [0.2, 0.25) is 0 Å². The summed E-state index contributed by atoms with van der Waals surface area (Å²) >= 11 is 3.33. The van der Waals surface area contributed by atoms with Gasteiger partial charge in [0.05, 0.1) is 7.11 Å². The van der Waals surface area contributed by atoms with E-state index in [0.717, 1.165) is 16.1 Å². The summed E-state index contributed by atoms with van der Waals surface area (Å²) in [4.78, 5) is 10.8. The van der Waals surface area contributed by atoms with Gasteiger partial charge in [0, 0.05) is 9.86 Å². The summed E-state index contributed by atoms with van der Waals surface area (Å²) in [6, 6.07) is 5.46. The van der Waals surface area contributed by atoms with Gasteiger partial charge in [-0.2, -0.15) is 0 Å². The number of methoxy groups -OCH3 is 1. The van der Waals surface area contributed by atoms with Crippen LogP contribution in [0.3, 0.4) is 0 Å². The van der Waals surface area contributed by atoms with E-state index < -0.39 is 0 Å². The minimum Gasteiger partial charge on any atom is -0.468 e. The van der Waals surface area contributed by atoms with Gasteiger partial charge >= 0.3 is 0 Å². The van der Waals surface area contributed by atoms with E-state index >= 15 is 0 Å². The molecule has 1 aromatic heterocycles. The quantitative estimate of drug-likeness (QED) is 0.774. The highest BCUT2D eigenvalue weighted by Crippen LogP contribution is 2.31. The summed E-state index contributed by atoms with van der Waals surface area (Å²) < 4.78 is 11.2. The Morgan fingerprint density at radius 3 is 2.93 bits per heavy atom. The topological polar surface area (TPSA) is 39.4 Å². The molecule has 0 radical (unpaired) electrons. The number of benzene rings is 1. The van der Waals surface area contributed by atoms with Crippen LogP contribution in [-0.2, 0) is 0 Å². The Labute approximate surface area is 88.8 Å². The standard InChI is InChI=1S/C10H7BrO3/c1-13-10-8(5-12)7-4-6(11)2-3-9(7)14-10/h2-5H,1H3. The van der Waals surface area contributed by atoms with Crippen molar-refractivity contribution < 1.29 is 13.9 Å². The molecule has 0 saturated heterocycles. The number of aldehydes is 1. The summed E-state index contributed by atoms with van der Waals surface area (Å²) in [7, 11) is 1.47. The first kappa shape index (κ1) is 9.27.